The largest absolute Gasteiger partial charge is 0.504 e. The van der Waals surface area contributed by atoms with E-state index in [0.29, 0.717) is 11.5 Å². The molecule has 0 heterocycles. The van der Waals surface area contributed by atoms with Crippen LogP contribution in [0.25, 0.3) is 0 Å². The molecule has 3 aromatic carbocycles. The third kappa shape index (κ3) is 21.4. The molecular weight excluding hydrogens is 488 g/mol. The molecule has 0 atom stereocenters. The Labute approximate surface area is 247 Å². The van der Waals surface area contributed by atoms with Crippen LogP contribution in [0, 0.1) is 13.8 Å². The van der Waals surface area contributed by atoms with Crippen LogP contribution in [0.4, 0.5) is 0 Å². The predicted octanol–water partition coefficient (Wildman–Crippen LogP) is 11.7. The van der Waals surface area contributed by atoms with Crippen molar-refractivity contribution in [3.05, 3.63) is 132 Å². The minimum Gasteiger partial charge on any atom is -0.504 e. The zero-order valence-corrected chi connectivity index (χ0v) is 27.4. The Bertz CT molecular complexity index is 1020. The molecule has 2 N–H and O–H groups in total. The minimum atomic E-state index is -0.0440. The first-order valence-corrected chi connectivity index (χ1v) is 14.3. The second-order valence-electron chi connectivity index (χ2n) is 9.51. The van der Waals surface area contributed by atoms with Crippen LogP contribution < -0.4 is 0 Å². The van der Waals surface area contributed by atoms with Gasteiger partial charge >= 0.3 is 0 Å². The Hall–Kier alpha value is -3.52. The van der Waals surface area contributed by atoms with Gasteiger partial charge in [-0.1, -0.05) is 133 Å². The van der Waals surface area contributed by atoms with Crippen LogP contribution in [0.15, 0.2) is 104 Å². The SMILES string of the molecule is C=C(C)C(=C)C.C=CC.CC.CCc1ccc(C(C)C)cc1.CCc1ccccc1.Cc1cc(C)c(O)c(O)c1. The van der Waals surface area contributed by atoms with Gasteiger partial charge < -0.3 is 10.2 Å². The molecule has 0 aliphatic carbocycles. The van der Waals surface area contributed by atoms with E-state index in [1.165, 1.54) is 22.8 Å². The van der Waals surface area contributed by atoms with Crippen LogP contribution in [-0.2, 0) is 12.8 Å². The number of allylic oxidation sites excluding steroid dienone is 3. The van der Waals surface area contributed by atoms with Gasteiger partial charge in [0.25, 0.3) is 0 Å². The molecule has 0 radical (unpaired) electrons. The Morgan fingerprint density at radius 1 is 0.775 bits per heavy atom. The number of hydrogen-bond donors (Lipinski definition) is 2. The maximum absolute atomic E-state index is 9.08. The summed E-state index contributed by atoms with van der Waals surface area (Å²) in [4.78, 5) is 0. The van der Waals surface area contributed by atoms with Crippen molar-refractivity contribution in [1.82, 2.24) is 0 Å². The molecule has 0 aliphatic rings. The van der Waals surface area contributed by atoms with Crippen molar-refractivity contribution in [3.63, 3.8) is 0 Å². The van der Waals surface area contributed by atoms with Gasteiger partial charge in [-0.15, -0.1) is 6.58 Å². The zero-order valence-electron chi connectivity index (χ0n) is 27.4. The van der Waals surface area contributed by atoms with E-state index in [4.69, 9.17) is 10.2 Å². The highest BCUT2D eigenvalue weighted by Crippen LogP contribution is 2.28. The van der Waals surface area contributed by atoms with Crippen LogP contribution in [0.1, 0.15) is 96.0 Å². The van der Waals surface area contributed by atoms with E-state index in [1.54, 1.807) is 13.0 Å². The van der Waals surface area contributed by atoms with Gasteiger partial charge in [0, 0.05) is 0 Å². The number of phenolic OH excluding ortho intramolecular Hbond substituents is 2. The first kappa shape index (κ1) is 41.0. The first-order chi connectivity index (χ1) is 18.8. The fourth-order valence-corrected chi connectivity index (χ4v) is 2.79. The Kier molecular flexibility index (Phi) is 26.4. The molecular formula is C38H58O2. The van der Waals surface area contributed by atoms with E-state index in [-0.39, 0.29) is 11.5 Å². The normalized spacial score (nSPS) is 8.80. The second-order valence-corrected chi connectivity index (χ2v) is 9.51. The monoisotopic (exact) mass is 546 g/mol. The molecule has 40 heavy (non-hydrogen) atoms. The van der Waals surface area contributed by atoms with Gasteiger partial charge in [-0.05, 0) is 87.3 Å². The summed E-state index contributed by atoms with van der Waals surface area (Å²) in [6.45, 7) is 32.9. The van der Waals surface area contributed by atoms with Crippen molar-refractivity contribution in [3.8, 4) is 11.5 Å². The van der Waals surface area contributed by atoms with E-state index in [0.717, 1.165) is 29.6 Å². The van der Waals surface area contributed by atoms with Gasteiger partial charge in [0.1, 0.15) is 0 Å². The standard InChI is InChI=1S/C11H16.C8H10O2.C8H10.C6H10.C3H6.C2H6/c1-4-10-5-7-11(8-6-10)9(2)3;1-5-3-6(2)8(10)7(9)4-5;1-2-8-6-4-3-5-7-8;1-5(2)6(3)4;1-3-2;1-2/h5-9H,4H2,1-3H3;3-4,9-10H,1-2H3;3-7H,2H2,1H3;1,3H2,2,4H3;3H,1H2,2H3;1-2H3. The third-order valence-corrected chi connectivity index (χ3v) is 5.46. The van der Waals surface area contributed by atoms with E-state index in [9.17, 15) is 0 Å². The van der Waals surface area contributed by atoms with E-state index >= 15 is 0 Å². The van der Waals surface area contributed by atoms with Crippen molar-refractivity contribution >= 4 is 0 Å². The van der Waals surface area contributed by atoms with Gasteiger partial charge in [0.15, 0.2) is 11.5 Å². The quantitative estimate of drug-likeness (QED) is 0.194. The smallest absolute Gasteiger partial charge is 0.160 e. The Balaban J connectivity index is -0.000000440. The van der Waals surface area contributed by atoms with Crippen molar-refractivity contribution in [2.24, 2.45) is 0 Å². The van der Waals surface area contributed by atoms with Gasteiger partial charge in [-0.2, -0.15) is 0 Å². The molecule has 0 unspecified atom stereocenters. The first-order valence-electron chi connectivity index (χ1n) is 14.3. The summed E-state index contributed by atoms with van der Waals surface area (Å²) in [5, 5.41) is 18.1. The molecule has 0 aliphatic heterocycles. The topological polar surface area (TPSA) is 40.5 Å². The predicted molar refractivity (Wildman–Crippen MR) is 182 cm³/mol. The third-order valence-electron chi connectivity index (χ3n) is 5.46. The van der Waals surface area contributed by atoms with Gasteiger partial charge in [-0.25, -0.2) is 0 Å². The molecule has 3 aromatic rings. The van der Waals surface area contributed by atoms with Crippen LogP contribution in [0.2, 0.25) is 0 Å². The number of phenols is 2. The van der Waals surface area contributed by atoms with Crippen molar-refractivity contribution in [1.29, 1.82) is 0 Å². The fraction of sp³-hybridized carbons (Fsp3) is 0.368. The van der Waals surface area contributed by atoms with Crippen LogP contribution in [0.5, 0.6) is 11.5 Å². The maximum Gasteiger partial charge on any atom is 0.160 e. The lowest BCUT2D eigenvalue weighted by molar-refractivity contribution is 0.400. The number of rotatable bonds is 4. The van der Waals surface area contributed by atoms with Gasteiger partial charge in [-0.3, -0.25) is 0 Å². The summed E-state index contributed by atoms with van der Waals surface area (Å²) < 4.78 is 0. The van der Waals surface area contributed by atoms with Crippen LogP contribution >= 0.6 is 0 Å². The highest BCUT2D eigenvalue weighted by atomic mass is 16.3. The van der Waals surface area contributed by atoms with Crippen molar-refractivity contribution in [2.45, 2.75) is 94.9 Å². The Morgan fingerprint density at radius 2 is 1.18 bits per heavy atom. The maximum atomic E-state index is 9.08. The highest BCUT2D eigenvalue weighted by molar-refractivity contribution is 5.46. The summed E-state index contributed by atoms with van der Waals surface area (Å²) in [6, 6.07) is 22.7. The summed E-state index contributed by atoms with van der Waals surface area (Å²) in [5.74, 6) is 0.587. The molecule has 222 valence electrons. The zero-order chi connectivity index (χ0) is 31.7. The van der Waals surface area contributed by atoms with Crippen LogP contribution in [0.3, 0.4) is 0 Å². The Morgan fingerprint density at radius 3 is 1.48 bits per heavy atom. The number of hydrogen-bond acceptors (Lipinski definition) is 2. The molecule has 0 aromatic heterocycles. The molecule has 0 fully saturated rings. The second kappa shape index (κ2) is 25.7. The molecule has 2 nitrogen and oxygen atoms in total. The summed E-state index contributed by atoms with van der Waals surface area (Å²) >= 11 is 0. The lowest BCUT2D eigenvalue weighted by atomic mass is 10.0. The lowest BCUT2D eigenvalue weighted by Crippen LogP contribution is -1.87. The van der Waals surface area contributed by atoms with E-state index in [2.05, 4.69) is 96.0 Å². The minimum absolute atomic E-state index is 0.0226. The molecule has 0 saturated carbocycles. The van der Waals surface area contributed by atoms with Crippen molar-refractivity contribution in [2.75, 3.05) is 0 Å². The van der Waals surface area contributed by atoms with Crippen LogP contribution in [-0.4, -0.2) is 10.2 Å². The van der Waals surface area contributed by atoms with Gasteiger partial charge in [0.2, 0.25) is 0 Å². The molecule has 0 bridgehead atoms. The fourth-order valence-electron chi connectivity index (χ4n) is 2.79. The summed E-state index contributed by atoms with van der Waals surface area (Å²) in [6.07, 6.45) is 4.03. The molecule has 0 amide bonds. The van der Waals surface area contributed by atoms with E-state index in [1.807, 2.05) is 53.7 Å². The average molecular weight is 547 g/mol. The average Bonchev–Trinajstić information content (AvgIpc) is 2.94. The number of aromatic hydroxyl groups is 2. The summed E-state index contributed by atoms with van der Waals surface area (Å²) in [7, 11) is 0. The van der Waals surface area contributed by atoms with E-state index < -0.39 is 0 Å². The number of aryl methyl sites for hydroxylation is 4. The summed E-state index contributed by atoms with van der Waals surface area (Å²) in [5.41, 5.74) is 8.06. The number of benzene rings is 3. The van der Waals surface area contributed by atoms with Gasteiger partial charge in [0.05, 0.1) is 0 Å². The molecule has 0 spiro atoms. The lowest BCUT2D eigenvalue weighted by Gasteiger charge is -2.04. The van der Waals surface area contributed by atoms with Crippen molar-refractivity contribution < 1.29 is 10.2 Å². The molecule has 0 saturated heterocycles. The molecule has 3 rings (SSSR count). The highest BCUT2D eigenvalue weighted by Gasteiger charge is 2.01. The molecule has 2 heteroatoms.